The number of aromatic nitrogens is 2. The van der Waals surface area contributed by atoms with E-state index in [2.05, 4.69) is 22.4 Å². The Morgan fingerprint density at radius 2 is 1.93 bits per heavy atom. The summed E-state index contributed by atoms with van der Waals surface area (Å²) in [6, 6.07) is 3.97. The van der Waals surface area contributed by atoms with Crippen LogP contribution in [-0.4, -0.2) is 47.5 Å². The zero-order chi connectivity index (χ0) is 18.5. The van der Waals surface area contributed by atoms with E-state index in [9.17, 15) is 4.79 Å². The van der Waals surface area contributed by atoms with Crippen molar-refractivity contribution < 1.29 is 14.3 Å². The van der Waals surface area contributed by atoms with Crippen molar-refractivity contribution >= 4 is 23.3 Å². The third-order valence-electron chi connectivity index (χ3n) is 5.75. The number of hydrogen-bond donors (Lipinski definition) is 1. The van der Waals surface area contributed by atoms with E-state index in [1.807, 2.05) is 16.9 Å². The number of amides is 1. The van der Waals surface area contributed by atoms with E-state index in [1.54, 1.807) is 6.07 Å². The van der Waals surface area contributed by atoms with Crippen LogP contribution in [0, 0.1) is 0 Å². The molecule has 3 aliphatic heterocycles. The van der Waals surface area contributed by atoms with Gasteiger partial charge in [-0.15, -0.1) is 0 Å². The average Bonchev–Trinajstić information content (AvgIpc) is 3.27. The Hall–Kier alpha value is -2.25. The highest BCUT2D eigenvalue weighted by Crippen LogP contribution is 2.45. The molecule has 1 saturated heterocycles. The summed E-state index contributed by atoms with van der Waals surface area (Å²) < 4.78 is 12.9. The third-order valence-corrected chi connectivity index (χ3v) is 6.08. The van der Waals surface area contributed by atoms with Crippen molar-refractivity contribution in [3.63, 3.8) is 0 Å². The molecular formula is C19H21ClN4O3. The minimum Gasteiger partial charge on any atom is -0.454 e. The van der Waals surface area contributed by atoms with Crippen molar-refractivity contribution in [2.45, 2.75) is 31.2 Å². The fraction of sp³-hybridized carbons (Fsp3) is 0.474. The van der Waals surface area contributed by atoms with Gasteiger partial charge < -0.3 is 19.7 Å². The Morgan fingerprint density at radius 1 is 1.19 bits per heavy atom. The molecule has 1 atom stereocenters. The zero-order valence-corrected chi connectivity index (χ0v) is 15.8. The van der Waals surface area contributed by atoms with E-state index in [-0.39, 0.29) is 18.6 Å². The van der Waals surface area contributed by atoms with Crippen molar-refractivity contribution in [3.05, 3.63) is 34.5 Å². The summed E-state index contributed by atoms with van der Waals surface area (Å²) in [5.74, 6) is 1.96. The lowest BCUT2D eigenvalue weighted by atomic mass is 9.87. The normalized spacial score (nSPS) is 22.6. The number of carbonyl (C=O) groups is 1. The largest absolute Gasteiger partial charge is 0.454 e. The smallest absolute Gasteiger partial charge is 0.231 e. The second-order valence-corrected chi connectivity index (χ2v) is 7.87. The monoisotopic (exact) mass is 388 g/mol. The molecule has 2 aromatic rings. The summed E-state index contributed by atoms with van der Waals surface area (Å²) in [6.45, 7) is 2.26. The highest BCUT2D eigenvalue weighted by Gasteiger charge is 2.34. The number of anilines is 1. The molecule has 0 radical (unpaired) electrons. The van der Waals surface area contributed by atoms with Gasteiger partial charge in [0.1, 0.15) is 5.82 Å². The summed E-state index contributed by atoms with van der Waals surface area (Å²) in [5.41, 5.74) is 1.88. The van der Waals surface area contributed by atoms with Crippen LogP contribution in [0.1, 0.15) is 42.3 Å². The van der Waals surface area contributed by atoms with E-state index >= 15 is 0 Å². The second kappa shape index (κ2) is 6.42. The van der Waals surface area contributed by atoms with E-state index in [1.165, 1.54) is 0 Å². The van der Waals surface area contributed by atoms with Crippen molar-refractivity contribution in [2.75, 3.05) is 32.2 Å². The van der Waals surface area contributed by atoms with Crippen LogP contribution in [0.25, 0.3) is 0 Å². The highest BCUT2D eigenvalue weighted by atomic mass is 35.5. The van der Waals surface area contributed by atoms with Crippen LogP contribution < -0.4 is 14.8 Å². The maximum atomic E-state index is 12.5. The molecule has 8 heteroatoms. The predicted octanol–water partition coefficient (Wildman–Crippen LogP) is 3.01. The molecule has 27 heavy (non-hydrogen) atoms. The van der Waals surface area contributed by atoms with Gasteiger partial charge in [0, 0.05) is 29.0 Å². The van der Waals surface area contributed by atoms with Crippen molar-refractivity contribution in [1.82, 2.24) is 14.7 Å². The number of ether oxygens (including phenoxy) is 2. The van der Waals surface area contributed by atoms with Crippen LogP contribution in [-0.2, 0) is 4.79 Å². The fourth-order valence-corrected chi connectivity index (χ4v) is 4.52. The molecule has 1 aromatic carbocycles. The van der Waals surface area contributed by atoms with Crippen LogP contribution in [0.2, 0.25) is 5.02 Å². The first-order chi connectivity index (χ1) is 13.1. The molecule has 1 unspecified atom stereocenters. The second-order valence-electron chi connectivity index (χ2n) is 7.46. The third kappa shape index (κ3) is 2.85. The molecular weight excluding hydrogens is 368 g/mol. The van der Waals surface area contributed by atoms with E-state index in [0.717, 1.165) is 42.9 Å². The summed E-state index contributed by atoms with van der Waals surface area (Å²) in [7, 11) is 2.13. The number of hydrogen-bond acceptors (Lipinski definition) is 5. The molecule has 1 fully saturated rings. The number of carbonyl (C=O) groups excluding carboxylic acids is 1. The Morgan fingerprint density at radius 3 is 2.70 bits per heavy atom. The summed E-state index contributed by atoms with van der Waals surface area (Å²) in [4.78, 5) is 14.8. The number of piperidine rings is 1. The topological polar surface area (TPSA) is 68.6 Å². The number of benzene rings is 1. The van der Waals surface area contributed by atoms with Crippen LogP contribution in [0.5, 0.6) is 11.5 Å². The molecule has 5 rings (SSSR count). The maximum absolute atomic E-state index is 12.5. The Balaban J connectivity index is 1.53. The van der Waals surface area contributed by atoms with Gasteiger partial charge in [-0.2, -0.15) is 5.10 Å². The number of fused-ring (bicyclic) bond motifs is 2. The summed E-state index contributed by atoms with van der Waals surface area (Å²) in [6.07, 6.45) is 4.26. The van der Waals surface area contributed by atoms with Crippen molar-refractivity contribution in [1.29, 1.82) is 0 Å². The Kier molecular flexibility index (Phi) is 4.02. The molecule has 3 aliphatic rings. The van der Waals surface area contributed by atoms with Crippen LogP contribution in [0.15, 0.2) is 18.3 Å². The minimum absolute atomic E-state index is 0.0177. The van der Waals surface area contributed by atoms with E-state index < -0.39 is 0 Å². The van der Waals surface area contributed by atoms with Gasteiger partial charge in [0.25, 0.3) is 0 Å². The first-order valence-electron chi connectivity index (χ1n) is 9.25. The molecule has 4 heterocycles. The van der Waals surface area contributed by atoms with Crippen LogP contribution >= 0.6 is 11.6 Å². The maximum Gasteiger partial charge on any atom is 0.231 e. The fourth-order valence-electron chi connectivity index (χ4n) is 4.23. The Labute approximate surface area is 162 Å². The number of halogens is 1. The molecule has 1 aromatic heterocycles. The SMILES string of the molecule is CN1CCC(n2ncc3c2NC(=O)CC3c2cc3c(cc2Cl)OCO3)CC1. The van der Waals surface area contributed by atoms with E-state index in [0.29, 0.717) is 29.0 Å². The van der Waals surface area contributed by atoms with Crippen LogP contribution in [0.3, 0.4) is 0 Å². The van der Waals surface area contributed by atoms with Gasteiger partial charge in [0.2, 0.25) is 12.7 Å². The van der Waals surface area contributed by atoms with Gasteiger partial charge in [0.15, 0.2) is 11.5 Å². The number of likely N-dealkylation sites (tertiary alicyclic amines) is 1. The summed E-state index contributed by atoms with van der Waals surface area (Å²) in [5, 5.41) is 8.26. The zero-order valence-electron chi connectivity index (χ0n) is 15.1. The molecule has 142 valence electrons. The molecule has 0 spiro atoms. The molecule has 0 saturated carbocycles. The number of nitrogens with zero attached hydrogens (tertiary/aromatic N) is 3. The van der Waals surface area contributed by atoms with Gasteiger partial charge in [0.05, 0.1) is 12.2 Å². The van der Waals surface area contributed by atoms with Crippen molar-refractivity contribution in [2.24, 2.45) is 0 Å². The molecule has 7 nitrogen and oxygen atoms in total. The average molecular weight is 389 g/mol. The first kappa shape index (κ1) is 16.9. The Bertz CT molecular complexity index is 905. The van der Waals surface area contributed by atoms with E-state index in [4.69, 9.17) is 21.1 Å². The number of rotatable bonds is 2. The van der Waals surface area contributed by atoms with Crippen LogP contribution in [0.4, 0.5) is 5.82 Å². The highest BCUT2D eigenvalue weighted by molar-refractivity contribution is 6.31. The minimum atomic E-state index is -0.143. The quantitative estimate of drug-likeness (QED) is 0.856. The number of nitrogens with one attached hydrogen (secondary N) is 1. The lowest BCUT2D eigenvalue weighted by Crippen LogP contribution is -2.33. The standard InChI is InChI=1S/C19H21ClN4O3/c1-23-4-2-11(3-5-23)24-19-14(9-21-24)12(7-18(25)22-19)13-6-16-17(8-15(13)20)27-10-26-16/h6,8-9,11-12H,2-5,7,10H2,1H3,(H,22,25). The van der Waals surface area contributed by atoms with Gasteiger partial charge in [-0.1, -0.05) is 11.6 Å². The lowest BCUT2D eigenvalue weighted by molar-refractivity contribution is -0.116. The molecule has 1 amide bonds. The lowest BCUT2D eigenvalue weighted by Gasteiger charge is -2.31. The van der Waals surface area contributed by atoms with Gasteiger partial charge >= 0.3 is 0 Å². The van der Waals surface area contributed by atoms with Gasteiger partial charge in [-0.25, -0.2) is 4.68 Å². The molecule has 0 aliphatic carbocycles. The van der Waals surface area contributed by atoms with Crippen molar-refractivity contribution in [3.8, 4) is 11.5 Å². The predicted molar refractivity (Wildman–Crippen MR) is 101 cm³/mol. The first-order valence-corrected chi connectivity index (χ1v) is 9.63. The summed E-state index contributed by atoms with van der Waals surface area (Å²) >= 11 is 6.53. The molecule has 1 N–H and O–H groups in total. The van der Waals surface area contributed by atoms with Gasteiger partial charge in [-0.05, 0) is 44.6 Å². The molecule has 0 bridgehead atoms. The van der Waals surface area contributed by atoms with Gasteiger partial charge in [-0.3, -0.25) is 4.79 Å².